The Morgan fingerprint density at radius 2 is 1.43 bits per heavy atom. The number of hydrogen-bond acceptors (Lipinski definition) is 5. The summed E-state index contributed by atoms with van der Waals surface area (Å²) in [5.41, 5.74) is 5.89. The fourth-order valence-corrected chi connectivity index (χ4v) is 7.68. The Labute approximate surface area is 261 Å². The highest BCUT2D eigenvalue weighted by molar-refractivity contribution is 9.10. The van der Waals surface area contributed by atoms with Crippen molar-refractivity contribution in [1.82, 2.24) is 5.01 Å². The lowest BCUT2D eigenvalue weighted by Crippen LogP contribution is -2.41. The molecule has 1 saturated heterocycles. The topological polar surface area (TPSA) is 68.2 Å². The number of rotatable bonds is 6. The van der Waals surface area contributed by atoms with Crippen LogP contribution in [-0.4, -0.2) is 30.1 Å². The minimum atomic E-state index is -0.485. The number of amides is 2. The summed E-state index contributed by atoms with van der Waals surface area (Å²) in [6.45, 7) is 0.199. The summed E-state index contributed by atoms with van der Waals surface area (Å²) in [5.74, 6) is -0.938. The molecule has 1 fully saturated rings. The molecule has 4 aliphatic rings. The molecule has 1 aliphatic heterocycles. The van der Waals surface area contributed by atoms with Crippen molar-refractivity contribution in [2.75, 3.05) is 7.11 Å². The van der Waals surface area contributed by atoms with E-state index in [2.05, 4.69) is 45.3 Å². The van der Waals surface area contributed by atoms with Gasteiger partial charge in [0.2, 0.25) is 0 Å². The molecule has 6 nitrogen and oxygen atoms in total. The van der Waals surface area contributed by atoms with E-state index in [4.69, 9.17) is 32.7 Å². The highest BCUT2D eigenvalue weighted by Crippen LogP contribution is 2.61. The van der Waals surface area contributed by atoms with Crippen LogP contribution < -0.4 is 9.47 Å². The van der Waals surface area contributed by atoms with Crippen LogP contribution in [0.3, 0.4) is 0 Å². The molecule has 0 saturated carbocycles. The summed E-state index contributed by atoms with van der Waals surface area (Å²) in [7, 11) is 1.54. The third kappa shape index (κ3) is 4.25. The van der Waals surface area contributed by atoms with Crippen molar-refractivity contribution in [2.45, 2.75) is 18.4 Å². The molecule has 42 heavy (non-hydrogen) atoms. The molecule has 210 valence electrons. The highest BCUT2D eigenvalue weighted by Gasteiger charge is 2.61. The van der Waals surface area contributed by atoms with Crippen molar-refractivity contribution in [3.63, 3.8) is 0 Å². The number of hydrazone groups is 1. The van der Waals surface area contributed by atoms with Crippen LogP contribution >= 0.6 is 39.1 Å². The summed E-state index contributed by atoms with van der Waals surface area (Å²) < 4.78 is 12.2. The van der Waals surface area contributed by atoms with Crippen molar-refractivity contribution in [3.8, 4) is 11.5 Å². The first-order valence-electron chi connectivity index (χ1n) is 13.4. The van der Waals surface area contributed by atoms with Crippen LogP contribution in [0.5, 0.6) is 11.5 Å². The Balaban J connectivity index is 1.17. The van der Waals surface area contributed by atoms with Gasteiger partial charge in [-0.05, 0) is 68.0 Å². The van der Waals surface area contributed by atoms with E-state index in [1.54, 1.807) is 30.3 Å². The number of carbonyl (C=O) groups is 2. The third-order valence-corrected chi connectivity index (χ3v) is 9.56. The highest BCUT2D eigenvalue weighted by atomic mass is 79.9. The summed E-state index contributed by atoms with van der Waals surface area (Å²) in [4.78, 5) is 27.6. The fraction of sp³-hybridized carbons (Fsp3) is 0.182. The van der Waals surface area contributed by atoms with Gasteiger partial charge in [-0.2, -0.15) is 10.1 Å². The van der Waals surface area contributed by atoms with Gasteiger partial charge in [0, 0.05) is 27.4 Å². The lowest BCUT2D eigenvalue weighted by Gasteiger charge is -2.45. The van der Waals surface area contributed by atoms with Gasteiger partial charge in [0.25, 0.3) is 11.8 Å². The van der Waals surface area contributed by atoms with E-state index in [0.29, 0.717) is 31.6 Å². The van der Waals surface area contributed by atoms with E-state index >= 15 is 0 Å². The zero-order valence-corrected chi connectivity index (χ0v) is 25.4. The van der Waals surface area contributed by atoms with Crippen LogP contribution in [0.25, 0.3) is 0 Å². The molecule has 0 radical (unpaired) electrons. The number of benzene rings is 4. The van der Waals surface area contributed by atoms with Gasteiger partial charge in [-0.25, -0.2) is 0 Å². The molecule has 0 unspecified atom stereocenters. The van der Waals surface area contributed by atoms with Gasteiger partial charge in [0.05, 0.1) is 29.6 Å². The minimum Gasteiger partial charge on any atom is -0.493 e. The van der Waals surface area contributed by atoms with E-state index in [-0.39, 0.29) is 30.3 Å². The van der Waals surface area contributed by atoms with Crippen LogP contribution in [0, 0.1) is 11.8 Å². The first-order chi connectivity index (χ1) is 20.4. The molecule has 1 heterocycles. The van der Waals surface area contributed by atoms with Crippen molar-refractivity contribution in [2.24, 2.45) is 16.9 Å². The summed E-state index contributed by atoms with van der Waals surface area (Å²) in [6.07, 6.45) is 1.50. The lowest BCUT2D eigenvalue weighted by atomic mass is 9.55. The Kier molecular flexibility index (Phi) is 6.84. The standard InChI is InChI=1S/C33H23BrCl2N2O4/c1-41-26-13-17(12-24(34)31(26)42-16-18-10-11-19(35)14-25(18)36)15-37-38-32(39)29-27-20-6-2-3-7-21(20)28(30(29)33(38)40)23-9-5-4-8-22(23)27/h2-15,27-30H,16H2,1H3/b37-15-/t27?,28?,29-,30-/m0/s1. The largest absolute Gasteiger partial charge is 0.493 e. The average Bonchev–Trinajstić information content (AvgIpc) is 3.25. The summed E-state index contributed by atoms with van der Waals surface area (Å²) >= 11 is 15.9. The number of imide groups is 1. The Hall–Kier alpha value is -3.65. The van der Waals surface area contributed by atoms with Crippen molar-refractivity contribution < 1.29 is 19.1 Å². The SMILES string of the molecule is COc1cc(/C=N\N2C(=O)[C@H]3C4c5ccccc5C(c5ccccc54)[C@@H]3C2=O)cc(Br)c1OCc1ccc(Cl)cc1Cl. The normalized spacial score (nSPS) is 21.9. The molecule has 0 aromatic heterocycles. The van der Waals surface area contributed by atoms with E-state index in [1.165, 1.54) is 13.3 Å². The molecule has 8 rings (SSSR count). The van der Waals surface area contributed by atoms with E-state index in [0.717, 1.165) is 32.8 Å². The van der Waals surface area contributed by atoms with Crippen molar-refractivity contribution >= 4 is 57.2 Å². The second kappa shape index (κ2) is 10.6. The van der Waals surface area contributed by atoms with Gasteiger partial charge in [-0.1, -0.05) is 77.8 Å². The Morgan fingerprint density at radius 1 is 0.857 bits per heavy atom. The summed E-state index contributed by atoms with van der Waals surface area (Å²) in [5, 5.41) is 6.52. The van der Waals surface area contributed by atoms with Gasteiger partial charge >= 0.3 is 0 Å². The molecule has 0 N–H and O–H groups in total. The monoisotopic (exact) mass is 660 g/mol. The predicted molar refractivity (Wildman–Crippen MR) is 164 cm³/mol. The third-order valence-electron chi connectivity index (χ3n) is 8.39. The van der Waals surface area contributed by atoms with Gasteiger partial charge in [-0.3, -0.25) is 9.59 Å². The van der Waals surface area contributed by atoms with Crippen LogP contribution in [-0.2, 0) is 16.2 Å². The molecule has 0 spiro atoms. The number of ether oxygens (including phenoxy) is 2. The molecule has 3 aliphatic carbocycles. The average molecular weight is 662 g/mol. The number of nitrogens with zero attached hydrogens (tertiary/aromatic N) is 2. The predicted octanol–water partition coefficient (Wildman–Crippen LogP) is 7.57. The number of hydrogen-bond donors (Lipinski definition) is 0. The minimum absolute atomic E-state index is 0.177. The quantitative estimate of drug-likeness (QED) is 0.158. The molecule has 2 amide bonds. The second-order valence-corrected chi connectivity index (χ2v) is 12.3. The number of methoxy groups -OCH3 is 1. The maximum Gasteiger partial charge on any atom is 0.254 e. The van der Waals surface area contributed by atoms with Crippen molar-refractivity contribution in [3.05, 3.63) is 127 Å². The molecule has 4 aromatic carbocycles. The first kappa shape index (κ1) is 27.2. The maximum atomic E-state index is 13.8. The smallest absolute Gasteiger partial charge is 0.254 e. The molecular weight excluding hydrogens is 639 g/mol. The lowest BCUT2D eigenvalue weighted by molar-refractivity contribution is -0.139. The number of carbonyl (C=O) groups excluding carboxylic acids is 2. The van der Waals surface area contributed by atoms with E-state index in [1.807, 2.05) is 24.3 Å². The fourth-order valence-electron chi connectivity index (χ4n) is 6.64. The number of halogens is 3. The van der Waals surface area contributed by atoms with Gasteiger partial charge in [-0.15, -0.1) is 0 Å². The Bertz CT molecular complexity index is 1690. The van der Waals surface area contributed by atoms with Crippen molar-refractivity contribution in [1.29, 1.82) is 0 Å². The summed E-state index contributed by atoms with van der Waals surface area (Å²) in [6, 6.07) is 25.0. The van der Waals surface area contributed by atoms with Gasteiger partial charge in [0.1, 0.15) is 6.61 Å². The first-order valence-corrected chi connectivity index (χ1v) is 15.0. The second-order valence-electron chi connectivity index (χ2n) is 10.6. The van der Waals surface area contributed by atoms with E-state index in [9.17, 15) is 9.59 Å². The zero-order valence-electron chi connectivity index (χ0n) is 22.3. The van der Waals surface area contributed by atoms with Crippen LogP contribution in [0.2, 0.25) is 10.0 Å². The van der Waals surface area contributed by atoms with Crippen LogP contribution in [0.1, 0.15) is 45.2 Å². The zero-order chi connectivity index (χ0) is 29.1. The molecular formula is C33H23BrCl2N2O4. The van der Waals surface area contributed by atoms with E-state index < -0.39 is 11.8 Å². The van der Waals surface area contributed by atoms with Gasteiger partial charge in [0.15, 0.2) is 11.5 Å². The van der Waals surface area contributed by atoms with Crippen LogP contribution in [0.4, 0.5) is 0 Å². The molecule has 2 bridgehead atoms. The molecule has 9 heteroatoms. The Morgan fingerprint density at radius 3 is 1.95 bits per heavy atom. The molecule has 4 aromatic rings. The molecule has 2 atom stereocenters. The maximum absolute atomic E-state index is 13.8. The van der Waals surface area contributed by atoms with Crippen LogP contribution in [0.15, 0.2) is 88.4 Å². The van der Waals surface area contributed by atoms with Gasteiger partial charge < -0.3 is 9.47 Å².